The van der Waals surface area contributed by atoms with Crippen molar-refractivity contribution in [2.24, 2.45) is 0 Å². The Bertz CT molecular complexity index is 1180. The highest BCUT2D eigenvalue weighted by Crippen LogP contribution is 2.32. The lowest BCUT2D eigenvalue weighted by Gasteiger charge is -2.15. The number of anilines is 2. The minimum atomic E-state index is -4.58. The van der Waals surface area contributed by atoms with E-state index in [1.54, 1.807) is 24.3 Å². The number of aromatic nitrogens is 2. The average Bonchev–Trinajstić information content (AvgIpc) is 3.26. The van der Waals surface area contributed by atoms with Gasteiger partial charge in [0.15, 0.2) is 0 Å². The molecule has 10 heteroatoms. The molecule has 33 heavy (non-hydrogen) atoms. The minimum Gasteiger partial charge on any atom is -0.487 e. The molecule has 0 radical (unpaired) electrons. The third-order valence-electron chi connectivity index (χ3n) is 5.00. The predicted octanol–water partition coefficient (Wildman–Crippen LogP) is 5.08. The molecule has 4 rings (SSSR count). The Morgan fingerprint density at radius 2 is 2.00 bits per heavy atom. The summed E-state index contributed by atoms with van der Waals surface area (Å²) in [6, 6.07) is 10.9. The predicted molar refractivity (Wildman–Crippen MR) is 114 cm³/mol. The third kappa shape index (κ3) is 5.40. The molecule has 0 saturated carbocycles. The number of carboxylic acids is 1. The zero-order valence-corrected chi connectivity index (χ0v) is 17.5. The van der Waals surface area contributed by atoms with Gasteiger partial charge < -0.3 is 19.9 Å². The highest BCUT2D eigenvalue weighted by atomic mass is 19.4. The molecule has 0 spiro atoms. The maximum Gasteiger partial charge on any atom is 0.433 e. The van der Waals surface area contributed by atoms with E-state index in [-0.39, 0.29) is 23.4 Å². The molecule has 0 aliphatic carbocycles. The normalized spacial score (nSPS) is 15.9. The van der Waals surface area contributed by atoms with Gasteiger partial charge in [0, 0.05) is 18.3 Å². The molecule has 172 valence electrons. The number of rotatable bonds is 6. The lowest BCUT2D eigenvalue weighted by molar-refractivity contribution is -0.141. The SMILES string of the molecule is Cc1cc(Nc2nccc(C(F)(F)F)n2)cc(-c2ccc(OC3CCOC3)c(C(=O)O)c2)c1. The number of benzene rings is 2. The van der Waals surface area contributed by atoms with Crippen LogP contribution in [0.2, 0.25) is 0 Å². The summed E-state index contributed by atoms with van der Waals surface area (Å²) in [5.74, 6) is -1.07. The molecule has 1 unspecified atom stereocenters. The fourth-order valence-corrected chi connectivity index (χ4v) is 3.49. The molecule has 2 heterocycles. The number of carboxylic acid groups (broad SMARTS) is 1. The quantitative estimate of drug-likeness (QED) is 0.531. The summed E-state index contributed by atoms with van der Waals surface area (Å²) in [4.78, 5) is 19.2. The van der Waals surface area contributed by atoms with Crippen LogP contribution in [-0.4, -0.2) is 40.4 Å². The van der Waals surface area contributed by atoms with Crippen molar-refractivity contribution in [3.8, 4) is 16.9 Å². The standard InChI is InChI=1S/C23H20F3N3O4/c1-13-8-15(10-16(9-13)28-22-27-6-4-20(29-22)23(24,25)26)14-2-3-19(18(11-14)21(30)31)33-17-5-7-32-12-17/h2-4,6,8-11,17H,5,7,12H2,1H3,(H,30,31)(H,27,28,29). The van der Waals surface area contributed by atoms with Gasteiger partial charge in [0.05, 0.1) is 13.2 Å². The van der Waals surface area contributed by atoms with Crippen molar-refractivity contribution in [2.75, 3.05) is 18.5 Å². The number of aromatic carboxylic acids is 1. The maximum absolute atomic E-state index is 12.9. The van der Waals surface area contributed by atoms with Crippen LogP contribution in [-0.2, 0) is 10.9 Å². The van der Waals surface area contributed by atoms with Crippen molar-refractivity contribution in [1.29, 1.82) is 0 Å². The number of hydrogen-bond acceptors (Lipinski definition) is 6. The van der Waals surface area contributed by atoms with Crippen LogP contribution >= 0.6 is 0 Å². The Labute approximate surface area is 187 Å². The smallest absolute Gasteiger partial charge is 0.433 e. The van der Waals surface area contributed by atoms with Crippen LogP contribution in [0.5, 0.6) is 5.75 Å². The van der Waals surface area contributed by atoms with E-state index in [9.17, 15) is 23.1 Å². The number of alkyl halides is 3. The number of nitrogens with zero attached hydrogens (tertiary/aromatic N) is 2. The van der Waals surface area contributed by atoms with Gasteiger partial charge in [0.1, 0.15) is 23.1 Å². The van der Waals surface area contributed by atoms with Crippen LogP contribution in [0, 0.1) is 6.92 Å². The molecule has 7 nitrogen and oxygen atoms in total. The van der Waals surface area contributed by atoms with E-state index in [0.29, 0.717) is 36.4 Å². The highest BCUT2D eigenvalue weighted by Gasteiger charge is 2.32. The summed E-state index contributed by atoms with van der Waals surface area (Å²) in [6.45, 7) is 2.79. The molecule has 1 aliphatic rings. The summed E-state index contributed by atoms with van der Waals surface area (Å²) in [5.41, 5.74) is 1.51. The molecule has 1 aromatic heterocycles. The van der Waals surface area contributed by atoms with E-state index in [2.05, 4.69) is 15.3 Å². The number of halogens is 3. The largest absolute Gasteiger partial charge is 0.487 e. The topological polar surface area (TPSA) is 93.6 Å². The van der Waals surface area contributed by atoms with Gasteiger partial charge in [-0.3, -0.25) is 0 Å². The second-order valence-electron chi connectivity index (χ2n) is 7.60. The van der Waals surface area contributed by atoms with Crippen LogP contribution in [0.3, 0.4) is 0 Å². The molecule has 0 amide bonds. The van der Waals surface area contributed by atoms with E-state index in [0.717, 1.165) is 17.8 Å². The van der Waals surface area contributed by atoms with Gasteiger partial charge in [-0.25, -0.2) is 14.8 Å². The summed E-state index contributed by atoms with van der Waals surface area (Å²) in [6.07, 6.45) is -3.07. The molecule has 1 atom stereocenters. The number of nitrogens with one attached hydrogen (secondary N) is 1. The van der Waals surface area contributed by atoms with Crippen LogP contribution in [0.1, 0.15) is 28.0 Å². The molecule has 0 bridgehead atoms. The second kappa shape index (κ2) is 9.07. The number of carbonyl (C=O) groups is 1. The van der Waals surface area contributed by atoms with Crippen molar-refractivity contribution in [1.82, 2.24) is 9.97 Å². The van der Waals surface area contributed by atoms with E-state index >= 15 is 0 Å². The first-order chi connectivity index (χ1) is 15.7. The Morgan fingerprint density at radius 3 is 2.70 bits per heavy atom. The van der Waals surface area contributed by atoms with E-state index < -0.39 is 17.8 Å². The Balaban J connectivity index is 1.63. The molecular formula is C23H20F3N3O4. The first-order valence-corrected chi connectivity index (χ1v) is 10.1. The van der Waals surface area contributed by atoms with Gasteiger partial charge in [-0.1, -0.05) is 12.1 Å². The van der Waals surface area contributed by atoms with Crippen LogP contribution in [0.25, 0.3) is 11.1 Å². The fraction of sp³-hybridized carbons (Fsp3) is 0.261. The van der Waals surface area contributed by atoms with Crippen molar-refractivity contribution in [2.45, 2.75) is 25.6 Å². The second-order valence-corrected chi connectivity index (χ2v) is 7.60. The van der Waals surface area contributed by atoms with Crippen LogP contribution in [0.15, 0.2) is 48.7 Å². The van der Waals surface area contributed by atoms with Crippen LogP contribution in [0.4, 0.5) is 24.8 Å². The molecule has 1 fully saturated rings. The first-order valence-electron chi connectivity index (χ1n) is 10.1. The van der Waals surface area contributed by atoms with Gasteiger partial charge in [-0.2, -0.15) is 13.2 Å². The highest BCUT2D eigenvalue weighted by molar-refractivity contribution is 5.93. The van der Waals surface area contributed by atoms with Gasteiger partial charge in [-0.05, 0) is 53.9 Å². The Kier molecular flexibility index (Phi) is 6.19. The molecule has 1 saturated heterocycles. The van der Waals surface area contributed by atoms with Crippen molar-refractivity contribution in [3.05, 3.63) is 65.5 Å². The molecule has 2 aromatic carbocycles. The van der Waals surface area contributed by atoms with Crippen molar-refractivity contribution >= 4 is 17.6 Å². The zero-order valence-electron chi connectivity index (χ0n) is 17.5. The number of hydrogen-bond donors (Lipinski definition) is 2. The Morgan fingerprint density at radius 1 is 1.18 bits per heavy atom. The Hall–Kier alpha value is -3.66. The number of ether oxygens (including phenoxy) is 2. The molecule has 3 aromatic rings. The molecular weight excluding hydrogens is 439 g/mol. The zero-order chi connectivity index (χ0) is 23.6. The third-order valence-corrected chi connectivity index (χ3v) is 5.00. The summed E-state index contributed by atoms with van der Waals surface area (Å²) in [5, 5.41) is 12.5. The minimum absolute atomic E-state index is 0.0108. The van der Waals surface area contributed by atoms with E-state index in [1.807, 2.05) is 13.0 Å². The number of aryl methyl sites for hydroxylation is 1. The lowest BCUT2D eigenvalue weighted by Crippen LogP contribution is -2.17. The van der Waals surface area contributed by atoms with E-state index in [4.69, 9.17) is 9.47 Å². The monoisotopic (exact) mass is 459 g/mol. The van der Waals surface area contributed by atoms with E-state index in [1.165, 1.54) is 6.07 Å². The summed E-state index contributed by atoms with van der Waals surface area (Å²) in [7, 11) is 0. The van der Waals surface area contributed by atoms with Gasteiger partial charge in [0.2, 0.25) is 5.95 Å². The molecule has 1 aliphatic heterocycles. The van der Waals surface area contributed by atoms with Gasteiger partial charge in [0.25, 0.3) is 0 Å². The van der Waals surface area contributed by atoms with Crippen molar-refractivity contribution < 1.29 is 32.5 Å². The fourth-order valence-electron chi connectivity index (χ4n) is 3.49. The lowest BCUT2D eigenvalue weighted by atomic mass is 10.00. The van der Waals surface area contributed by atoms with Crippen molar-refractivity contribution in [3.63, 3.8) is 0 Å². The maximum atomic E-state index is 12.9. The first kappa shape index (κ1) is 22.5. The van der Waals surface area contributed by atoms with Crippen LogP contribution < -0.4 is 10.1 Å². The summed E-state index contributed by atoms with van der Waals surface area (Å²) >= 11 is 0. The molecule has 2 N–H and O–H groups in total. The van der Waals surface area contributed by atoms with Gasteiger partial charge >= 0.3 is 12.1 Å². The van der Waals surface area contributed by atoms with Gasteiger partial charge in [-0.15, -0.1) is 0 Å². The summed E-state index contributed by atoms with van der Waals surface area (Å²) < 4.78 is 49.9. The average molecular weight is 459 g/mol.